The van der Waals surface area contributed by atoms with E-state index in [9.17, 15) is 9.90 Å². The van der Waals surface area contributed by atoms with Crippen LogP contribution in [0.4, 0.5) is 4.39 Å². The smallest absolute Gasteiger partial charge is 0.336 e. The minimum atomic E-state index is -1.16. The first kappa shape index (κ1) is 30.0. The lowest BCUT2D eigenvalue weighted by Crippen LogP contribution is -2.15. The summed E-state index contributed by atoms with van der Waals surface area (Å²) < 4.78 is 27.1. The summed E-state index contributed by atoms with van der Waals surface area (Å²) in [6.45, 7) is 5.54. The first-order valence-corrected chi connectivity index (χ1v) is 14.9. The third kappa shape index (κ3) is 9.32. The lowest BCUT2D eigenvalue weighted by Gasteiger charge is -2.28. The van der Waals surface area contributed by atoms with Crippen molar-refractivity contribution in [3.05, 3.63) is 47.8 Å². The largest absolute Gasteiger partial charge is 0.494 e. The molecule has 1 N–H and O–H groups in total. The van der Waals surface area contributed by atoms with E-state index in [0.29, 0.717) is 24.5 Å². The highest BCUT2D eigenvalue weighted by Crippen LogP contribution is 2.35. The Morgan fingerprint density at radius 2 is 1.42 bits per heavy atom. The van der Waals surface area contributed by atoms with Crippen molar-refractivity contribution in [3.63, 3.8) is 0 Å². The molecule has 38 heavy (non-hydrogen) atoms. The van der Waals surface area contributed by atoms with Gasteiger partial charge in [0.2, 0.25) is 0 Å². The maximum absolute atomic E-state index is 15.4. The summed E-state index contributed by atoms with van der Waals surface area (Å²) in [6, 6.07) is 9.89. The molecule has 0 aromatic heterocycles. The molecule has 1 aliphatic carbocycles. The van der Waals surface area contributed by atoms with Gasteiger partial charge < -0.3 is 14.6 Å². The summed E-state index contributed by atoms with van der Waals surface area (Å²) in [7, 11) is 0. The van der Waals surface area contributed by atoms with E-state index in [4.69, 9.17) is 9.47 Å². The van der Waals surface area contributed by atoms with Gasteiger partial charge in [-0.05, 0) is 60.9 Å². The molecule has 0 heterocycles. The number of carboxylic acids is 1. The van der Waals surface area contributed by atoms with Crippen LogP contribution in [0.25, 0.3) is 11.1 Å². The quantitative estimate of drug-likeness (QED) is 0.208. The van der Waals surface area contributed by atoms with Crippen molar-refractivity contribution in [2.24, 2.45) is 11.8 Å². The highest BCUT2D eigenvalue weighted by molar-refractivity contribution is 5.96. The van der Waals surface area contributed by atoms with E-state index in [2.05, 4.69) is 13.8 Å². The molecule has 1 fully saturated rings. The molecule has 0 radical (unpaired) electrons. The zero-order valence-electron chi connectivity index (χ0n) is 23.5. The molecule has 3 rings (SSSR count). The molecule has 0 atom stereocenters. The van der Waals surface area contributed by atoms with Crippen LogP contribution in [-0.2, 0) is 0 Å². The average Bonchev–Trinajstić information content (AvgIpc) is 2.92. The number of carbonyl (C=O) groups is 1. The molecule has 2 aromatic carbocycles. The van der Waals surface area contributed by atoms with E-state index in [1.54, 1.807) is 24.3 Å². The van der Waals surface area contributed by atoms with Crippen molar-refractivity contribution in [2.75, 3.05) is 13.2 Å². The molecule has 1 aliphatic rings. The van der Waals surface area contributed by atoms with Crippen molar-refractivity contribution in [2.45, 2.75) is 104 Å². The van der Waals surface area contributed by atoms with Gasteiger partial charge >= 0.3 is 5.97 Å². The fourth-order valence-corrected chi connectivity index (χ4v) is 5.69. The third-order valence-electron chi connectivity index (χ3n) is 7.92. The first-order chi connectivity index (χ1) is 18.5. The number of aromatic carboxylic acids is 1. The Morgan fingerprint density at radius 3 is 2.08 bits per heavy atom. The van der Waals surface area contributed by atoms with Gasteiger partial charge in [-0.25, -0.2) is 9.18 Å². The van der Waals surface area contributed by atoms with Crippen LogP contribution in [0.5, 0.6) is 11.5 Å². The van der Waals surface area contributed by atoms with Crippen LogP contribution in [0.3, 0.4) is 0 Å². The van der Waals surface area contributed by atoms with Gasteiger partial charge in [-0.1, -0.05) is 96.6 Å². The normalized spacial score (nSPS) is 17.3. The summed E-state index contributed by atoms with van der Waals surface area (Å²) in [4.78, 5) is 11.8. The Hall–Kier alpha value is -2.56. The topological polar surface area (TPSA) is 55.8 Å². The molecular formula is C33H47FO4. The molecular weight excluding hydrogens is 479 g/mol. The molecule has 0 amide bonds. The summed E-state index contributed by atoms with van der Waals surface area (Å²) >= 11 is 0. The predicted octanol–water partition coefficient (Wildman–Crippen LogP) is 9.70. The van der Waals surface area contributed by atoms with Crippen LogP contribution >= 0.6 is 0 Å². The SMILES string of the molecule is CCCCCCCCOc1ccc(C(=O)O)c(-c2ccc(OCCCC3CCC(CCC)CC3)cc2)c1F. The Bertz CT molecular complexity index is 964. The van der Waals surface area contributed by atoms with Crippen molar-refractivity contribution in [1.29, 1.82) is 0 Å². The summed E-state index contributed by atoms with van der Waals surface area (Å²) in [5.41, 5.74) is 0.487. The number of hydrogen-bond acceptors (Lipinski definition) is 3. The fraction of sp³-hybridized carbons (Fsp3) is 0.606. The monoisotopic (exact) mass is 526 g/mol. The van der Waals surface area contributed by atoms with E-state index in [1.807, 2.05) is 0 Å². The van der Waals surface area contributed by atoms with Crippen molar-refractivity contribution in [3.8, 4) is 22.6 Å². The van der Waals surface area contributed by atoms with E-state index >= 15 is 4.39 Å². The highest BCUT2D eigenvalue weighted by atomic mass is 19.1. The Morgan fingerprint density at radius 1 is 0.789 bits per heavy atom. The first-order valence-electron chi connectivity index (χ1n) is 14.9. The number of carboxylic acid groups (broad SMARTS) is 1. The lowest BCUT2D eigenvalue weighted by atomic mass is 9.78. The van der Waals surface area contributed by atoms with Crippen LogP contribution < -0.4 is 9.47 Å². The molecule has 0 aliphatic heterocycles. The van der Waals surface area contributed by atoms with Crippen molar-refractivity contribution < 1.29 is 23.8 Å². The number of hydrogen-bond donors (Lipinski definition) is 1. The molecule has 0 unspecified atom stereocenters. The molecule has 1 saturated carbocycles. The van der Waals surface area contributed by atoms with Gasteiger partial charge in [0.25, 0.3) is 0 Å². The lowest BCUT2D eigenvalue weighted by molar-refractivity contribution is 0.0697. The van der Waals surface area contributed by atoms with Crippen molar-refractivity contribution in [1.82, 2.24) is 0 Å². The zero-order valence-corrected chi connectivity index (χ0v) is 23.5. The van der Waals surface area contributed by atoms with Crippen LogP contribution in [-0.4, -0.2) is 24.3 Å². The molecule has 210 valence electrons. The number of benzene rings is 2. The predicted molar refractivity (Wildman–Crippen MR) is 153 cm³/mol. The molecule has 0 saturated heterocycles. The molecule has 0 spiro atoms. The summed E-state index contributed by atoms with van der Waals surface area (Å²) in [5.74, 6) is 0.784. The molecule has 4 nitrogen and oxygen atoms in total. The minimum absolute atomic E-state index is 0.0585. The van der Waals surface area contributed by atoms with Crippen molar-refractivity contribution >= 4 is 5.97 Å². The van der Waals surface area contributed by atoms with E-state index in [-0.39, 0.29) is 16.9 Å². The van der Waals surface area contributed by atoms with Gasteiger partial charge in [0.05, 0.1) is 18.8 Å². The summed E-state index contributed by atoms with van der Waals surface area (Å²) in [6.07, 6.45) is 17.0. The summed E-state index contributed by atoms with van der Waals surface area (Å²) in [5, 5.41) is 9.67. The number of halogens is 1. The number of rotatable bonds is 17. The molecule has 5 heteroatoms. The molecule has 2 aromatic rings. The van der Waals surface area contributed by atoms with Crippen LogP contribution in [0.1, 0.15) is 114 Å². The van der Waals surface area contributed by atoms with Gasteiger partial charge in [0, 0.05) is 5.56 Å². The average molecular weight is 527 g/mol. The second-order valence-electron chi connectivity index (χ2n) is 10.9. The Balaban J connectivity index is 1.52. The van der Waals surface area contributed by atoms with E-state index < -0.39 is 11.8 Å². The van der Waals surface area contributed by atoms with Gasteiger partial charge in [-0.3, -0.25) is 0 Å². The third-order valence-corrected chi connectivity index (χ3v) is 7.92. The van der Waals surface area contributed by atoms with E-state index in [1.165, 1.54) is 76.3 Å². The Kier molecular flexibility index (Phi) is 13.0. The van der Waals surface area contributed by atoms with Gasteiger partial charge in [0.1, 0.15) is 5.75 Å². The fourth-order valence-electron chi connectivity index (χ4n) is 5.69. The second-order valence-corrected chi connectivity index (χ2v) is 10.9. The molecule has 0 bridgehead atoms. The van der Waals surface area contributed by atoms with Crippen LogP contribution in [0.2, 0.25) is 0 Å². The Labute approximate surface area is 228 Å². The van der Waals surface area contributed by atoms with E-state index in [0.717, 1.165) is 37.5 Å². The van der Waals surface area contributed by atoms with Gasteiger partial charge in [-0.2, -0.15) is 0 Å². The number of ether oxygens (including phenoxy) is 2. The van der Waals surface area contributed by atoms with Gasteiger partial charge in [0.15, 0.2) is 11.6 Å². The maximum atomic E-state index is 15.4. The maximum Gasteiger partial charge on any atom is 0.336 e. The zero-order chi connectivity index (χ0) is 27.2. The van der Waals surface area contributed by atoms with Gasteiger partial charge in [-0.15, -0.1) is 0 Å². The second kappa shape index (κ2) is 16.4. The number of unbranched alkanes of at least 4 members (excludes halogenated alkanes) is 5. The highest BCUT2D eigenvalue weighted by Gasteiger charge is 2.21. The van der Waals surface area contributed by atoms with Crippen LogP contribution in [0.15, 0.2) is 36.4 Å². The minimum Gasteiger partial charge on any atom is -0.494 e. The standard InChI is InChI=1S/C33H47FO4/c1-3-5-6-7-8-9-23-38-30-22-21-29(33(35)36)31(32(30)34)27-17-19-28(20-18-27)37-24-10-12-26-15-13-25(11-4-2)14-16-26/h17-22,25-26H,3-16,23-24H2,1-2H3,(H,35,36). The van der Waals surface area contributed by atoms with Crippen LogP contribution in [0, 0.1) is 17.7 Å².